The van der Waals surface area contributed by atoms with Crippen LogP contribution in [0.5, 0.6) is 0 Å². The van der Waals surface area contributed by atoms with Gasteiger partial charge < -0.3 is 9.22 Å². The second-order valence-corrected chi connectivity index (χ2v) is 17.2. The zero-order valence-corrected chi connectivity index (χ0v) is 16.5. The lowest BCUT2D eigenvalue weighted by Gasteiger charge is -2.34. The van der Waals surface area contributed by atoms with Crippen molar-refractivity contribution in [1.29, 1.82) is 0 Å². The van der Waals surface area contributed by atoms with Crippen molar-refractivity contribution in [2.45, 2.75) is 91.3 Å². The third-order valence-electron chi connectivity index (χ3n) is 3.33. The van der Waals surface area contributed by atoms with E-state index in [0.717, 1.165) is 18.9 Å². The summed E-state index contributed by atoms with van der Waals surface area (Å²) in [5.74, 6) is 0. The molecule has 19 heavy (non-hydrogen) atoms. The van der Waals surface area contributed by atoms with Gasteiger partial charge in [0.2, 0.25) is 0 Å². The predicted molar refractivity (Wildman–Crippen MR) is 90.6 cm³/mol. The molecule has 0 heterocycles. The molecule has 0 aliphatic rings. The molecule has 4 heteroatoms. The van der Waals surface area contributed by atoms with Crippen LogP contribution in [0.15, 0.2) is 0 Å². The minimum Gasteiger partial charge on any atom is -0.455 e. The maximum Gasteiger partial charge on any atom is 0.173 e. The van der Waals surface area contributed by atoms with E-state index in [9.17, 15) is 5.11 Å². The Labute approximate surface area is 123 Å². The average molecular weight is 305 g/mol. The number of rotatable bonds is 8. The lowest BCUT2D eigenvalue weighted by atomic mass is 9.88. The molecule has 0 amide bonds. The maximum atomic E-state index is 10.1. The lowest BCUT2D eigenvalue weighted by molar-refractivity contribution is 0.116. The van der Waals surface area contributed by atoms with Gasteiger partial charge in [-0.15, -0.1) is 0 Å². The van der Waals surface area contributed by atoms with Gasteiger partial charge in [-0.2, -0.15) is 0 Å². The van der Waals surface area contributed by atoms with Crippen molar-refractivity contribution in [3.8, 4) is 0 Å². The third kappa shape index (κ3) is 10.8. The summed E-state index contributed by atoms with van der Waals surface area (Å²) in [6, 6.07) is 2.32. The van der Waals surface area contributed by atoms with E-state index in [2.05, 4.69) is 53.9 Å². The number of hydrogen-bond donors (Lipinski definition) is 1. The van der Waals surface area contributed by atoms with Crippen molar-refractivity contribution >= 4 is 16.6 Å². The first-order valence-corrected chi connectivity index (χ1v) is 14.0. The molecule has 0 bridgehead atoms. The number of hydrogen-bond acceptors (Lipinski definition) is 2. The van der Waals surface area contributed by atoms with E-state index in [1.165, 1.54) is 12.5 Å². The SMILES string of the molecule is CCC[Si](C)(C)O[Si](C)(C)CCC(O)CC(C)(C)C. The normalized spacial score (nSPS) is 15.6. The van der Waals surface area contributed by atoms with Crippen LogP contribution in [0, 0.1) is 5.41 Å². The Morgan fingerprint density at radius 1 is 1.00 bits per heavy atom. The van der Waals surface area contributed by atoms with Crippen LogP contribution in [0.25, 0.3) is 0 Å². The van der Waals surface area contributed by atoms with Gasteiger partial charge in [-0.1, -0.05) is 34.1 Å². The molecule has 0 radical (unpaired) electrons. The topological polar surface area (TPSA) is 29.5 Å². The van der Waals surface area contributed by atoms with E-state index in [0.29, 0.717) is 0 Å². The minimum absolute atomic E-state index is 0.175. The Morgan fingerprint density at radius 2 is 1.47 bits per heavy atom. The Hall–Kier alpha value is 0.354. The zero-order valence-electron chi connectivity index (χ0n) is 14.5. The molecule has 0 saturated carbocycles. The second-order valence-electron chi connectivity index (χ2n) is 8.33. The van der Waals surface area contributed by atoms with Crippen LogP contribution in [-0.2, 0) is 4.12 Å². The van der Waals surface area contributed by atoms with Crippen molar-refractivity contribution in [3.05, 3.63) is 0 Å². The molecule has 1 atom stereocenters. The Bertz CT molecular complexity index is 257. The van der Waals surface area contributed by atoms with Crippen molar-refractivity contribution in [3.63, 3.8) is 0 Å². The Kier molecular flexibility index (Phi) is 7.52. The molecule has 0 aliphatic heterocycles. The molecule has 1 unspecified atom stereocenters. The summed E-state index contributed by atoms with van der Waals surface area (Å²) < 4.78 is 6.51. The van der Waals surface area contributed by atoms with Crippen molar-refractivity contribution in [1.82, 2.24) is 0 Å². The standard InChI is InChI=1S/C15H36O2Si2/c1-9-11-18(5,6)17-19(7,8)12-10-14(16)13-15(2,3)4/h14,16H,9-13H2,1-8H3. The van der Waals surface area contributed by atoms with Crippen LogP contribution >= 0.6 is 0 Å². The van der Waals surface area contributed by atoms with Crippen LogP contribution in [0.2, 0.25) is 38.3 Å². The first kappa shape index (κ1) is 19.4. The highest BCUT2D eigenvalue weighted by molar-refractivity contribution is 6.84. The first-order valence-electron chi connectivity index (χ1n) is 7.75. The summed E-state index contributed by atoms with van der Waals surface area (Å²) in [5, 5.41) is 10.1. The van der Waals surface area contributed by atoms with Crippen molar-refractivity contribution in [2.75, 3.05) is 0 Å². The van der Waals surface area contributed by atoms with Gasteiger partial charge in [0.1, 0.15) is 0 Å². The Morgan fingerprint density at radius 3 is 1.89 bits per heavy atom. The van der Waals surface area contributed by atoms with Crippen molar-refractivity contribution in [2.24, 2.45) is 5.41 Å². The summed E-state index contributed by atoms with van der Waals surface area (Å²) in [6.07, 6.45) is 2.82. The van der Waals surface area contributed by atoms with Crippen LogP contribution in [0.3, 0.4) is 0 Å². The summed E-state index contributed by atoms with van der Waals surface area (Å²) in [5.41, 5.74) is 0.211. The molecule has 2 nitrogen and oxygen atoms in total. The van der Waals surface area contributed by atoms with E-state index >= 15 is 0 Å². The smallest absolute Gasteiger partial charge is 0.173 e. The lowest BCUT2D eigenvalue weighted by Crippen LogP contribution is -2.44. The molecular formula is C15H36O2Si2. The van der Waals surface area contributed by atoms with Gasteiger partial charge in [-0.3, -0.25) is 0 Å². The van der Waals surface area contributed by atoms with Crippen LogP contribution in [-0.4, -0.2) is 27.8 Å². The fraction of sp³-hybridized carbons (Fsp3) is 1.00. The van der Waals surface area contributed by atoms with E-state index < -0.39 is 16.6 Å². The van der Waals surface area contributed by atoms with Gasteiger partial charge in [-0.25, -0.2) is 0 Å². The van der Waals surface area contributed by atoms with Crippen LogP contribution in [0.1, 0.15) is 47.0 Å². The fourth-order valence-corrected chi connectivity index (χ4v) is 11.8. The Balaban J connectivity index is 4.23. The summed E-state index contributed by atoms with van der Waals surface area (Å²) in [4.78, 5) is 0. The molecule has 0 rings (SSSR count). The highest BCUT2D eigenvalue weighted by Gasteiger charge is 2.32. The molecule has 0 aromatic heterocycles. The molecule has 0 fully saturated rings. The van der Waals surface area contributed by atoms with Gasteiger partial charge >= 0.3 is 0 Å². The summed E-state index contributed by atoms with van der Waals surface area (Å²) >= 11 is 0. The van der Waals surface area contributed by atoms with Gasteiger partial charge in [-0.05, 0) is 56.5 Å². The summed E-state index contributed by atoms with van der Waals surface area (Å²) in [7, 11) is -3.09. The summed E-state index contributed by atoms with van der Waals surface area (Å²) in [6.45, 7) is 18.1. The van der Waals surface area contributed by atoms with Gasteiger partial charge in [0, 0.05) is 0 Å². The van der Waals surface area contributed by atoms with E-state index in [1.807, 2.05) is 0 Å². The molecule has 116 valence electrons. The largest absolute Gasteiger partial charge is 0.455 e. The zero-order chi connectivity index (χ0) is 15.3. The predicted octanol–water partition coefficient (Wildman–Crippen LogP) is 5.01. The molecule has 1 N–H and O–H groups in total. The third-order valence-corrected chi connectivity index (χ3v) is 10.9. The van der Waals surface area contributed by atoms with Crippen molar-refractivity contribution < 1.29 is 9.22 Å². The number of aliphatic hydroxyl groups excluding tert-OH is 1. The highest BCUT2D eigenvalue weighted by Crippen LogP contribution is 2.27. The highest BCUT2D eigenvalue weighted by atomic mass is 28.4. The van der Waals surface area contributed by atoms with Gasteiger partial charge in [0.25, 0.3) is 0 Å². The molecule has 0 aliphatic carbocycles. The van der Waals surface area contributed by atoms with Gasteiger partial charge in [0.05, 0.1) is 6.10 Å². The van der Waals surface area contributed by atoms with E-state index in [1.54, 1.807) is 0 Å². The van der Waals surface area contributed by atoms with E-state index in [4.69, 9.17) is 4.12 Å². The monoisotopic (exact) mass is 304 g/mol. The van der Waals surface area contributed by atoms with Crippen LogP contribution in [0.4, 0.5) is 0 Å². The maximum absolute atomic E-state index is 10.1. The number of aliphatic hydroxyl groups is 1. The quantitative estimate of drug-likeness (QED) is 0.639. The first-order chi connectivity index (χ1) is 8.37. The fourth-order valence-electron chi connectivity index (χ4n) is 2.78. The minimum atomic E-state index is -1.61. The molecule has 0 saturated heterocycles. The van der Waals surface area contributed by atoms with E-state index in [-0.39, 0.29) is 11.5 Å². The molecule has 0 aromatic carbocycles. The molecule has 0 spiro atoms. The van der Waals surface area contributed by atoms with Gasteiger partial charge in [0.15, 0.2) is 16.6 Å². The average Bonchev–Trinajstić information content (AvgIpc) is 2.10. The molecular weight excluding hydrogens is 268 g/mol. The second kappa shape index (κ2) is 7.39. The van der Waals surface area contributed by atoms with Crippen LogP contribution < -0.4 is 0 Å². The molecule has 0 aromatic rings.